The molecule has 1 aromatic rings. The van der Waals surface area contributed by atoms with Gasteiger partial charge in [-0.1, -0.05) is 24.6 Å². The van der Waals surface area contributed by atoms with Crippen LogP contribution in [0.4, 0.5) is 0 Å². The number of hydrogen-bond donors (Lipinski definition) is 2. The van der Waals surface area contributed by atoms with Crippen molar-refractivity contribution in [1.82, 2.24) is 10.0 Å². The molecule has 6 heteroatoms. The summed E-state index contributed by atoms with van der Waals surface area (Å²) >= 11 is 6.00. The van der Waals surface area contributed by atoms with Crippen molar-refractivity contribution in [3.05, 3.63) is 28.8 Å². The third-order valence-corrected chi connectivity index (χ3v) is 5.38. The molecule has 1 aliphatic rings. The van der Waals surface area contributed by atoms with Crippen LogP contribution in [0.15, 0.2) is 23.1 Å². The largest absolute Gasteiger partial charge is 0.316 e. The van der Waals surface area contributed by atoms with Gasteiger partial charge in [-0.25, -0.2) is 13.1 Å². The molecule has 2 N–H and O–H groups in total. The molecule has 106 valence electrons. The molecule has 0 saturated heterocycles. The lowest BCUT2D eigenvalue weighted by Crippen LogP contribution is -2.26. The molecule has 19 heavy (non-hydrogen) atoms. The van der Waals surface area contributed by atoms with Crippen molar-refractivity contribution in [3.63, 3.8) is 0 Å². The first-order valence-corrected chi connectivity index (χ1v) is 8.23. The Labute approximate surface area is 119 Å². The van der Waals surface area contributed by atoms with Crippen molar-refractivity contribution < 1.29 is 8.42 Å². The Bertz CT molecular complexity index is 560. The Morgan fingerprint density at radius 3 is 2.68 bits per heavy atom. The van der Waals surface area contributed by atoms with E-state index >= 15 is 0 Å². The summed E-state index contributed by atoms with van der Waals surface area (Å²) in [5, 5.41) is 3.25. The molecule has 2 unspecified atom stereocenters. The van der Waals surface area contributed by atoms with Gasteiger partial charge >= 0.3 is 0 Å². The second-order valence-electron chi connectivity index (χ2n) is 5.12. The van der Waals surface area contributed by atoms with E-state index in [9.17, 15) is 8.42 Å². The Morgan fingerprint density at radius 1 is 1.42 bits per heavy atom. The first kappa shape index (κ1) is 14.8. The van der Waals surface area contributed by atoms with Crippen LogP contribution in [-0.2, 0) is 16.6 Å². The van der Waals surface area contributed by atoms with Crippen LogP contribution in [0.5, 0.6) is 0 Å². The van der Waals surface area contributed by atoms with Crippen LogP contribution >= 0.6 is 11.6 Å². The zero-order valence-corrected chi connectivity index (χ0v) is 12.7. The van der Waals surface area contributed by atoms with Gasteiger partial charge in [0.05, 0.1) is 5.02 Å². The Kier molecular flexibility index (Phi) is 4.50. The van der Waals surface area contributed by atoms with Gasteiger partial charge in [0.1, 0.15) is 4.90 Å². The highest BCUT2D eigenvalue weighted by Crippen LogP contribution is 2.37. The van der Waals surface area contributed by atoms with E-state index in [-0.39, 0.29) is 9.92 Å². The van der Waals surface area contributed by atoms with E-state index in [1.54, 1.807) is 12.1 Å². The van der Waals surface area contributed by atoms with Crippen LogP contribution in [0.25, 0.3) is 0 Å². The summed E-state index contributed by atoms with van der Waals surface area (Å²) in [6.07, 6.45) is 1.09. The number of rotatable bonds is 6. The summed E-state index contributed by atoms with van der Waals surface area (Å²) in [6.45, 7) is 3.23. The van der Waals surface area contributed by atoms with Gasteiger partial charge in [-0.2, -0.15) is 0 Å². The topological polar surface area (TPSA) is 58.2 Å². The second-order valence-corrected chi connectivity index (χ2v) is 7.26. The quantitative estimate of drug-likeness (QED) is 0.845. The first-order valence-electron chi connectivity index (χ1n) is 6.36. The van der Waals surface area contributed by atoms with Gasteiger partial charge in [-0.05, 0) is 43.0 Å². The van der Waals surface area contributed by atoms with Gasteiger partial charge in [-0.3, -0.25) is 0 Å². The normalized spacial score (nSPS) is 22.5. The summed E-state index contributed by atoms with van der Waals surface area (Å²) in [6, 6.07) is 5.07. The van der Waals surface area contributed by atoms with Crippen LogP contribution in [0.1, 0.15) is 18.9 Å². The third-order valence-electron chi connectivity index (χ3n) is 3.48. The lowest BCUT2D eigenvalue weighted by atomic mass is 10.2. The van der Waals surface area contributed by atoms with Crippen LogP contribution in [-0.4, -0.2) is 22.0 Å². The SMILES string of the molecule is CNCc1ccc(Cl)c(S(=O)(=O)NCC2CC2C)c1. The van der Waals surface area contributed by atoms with Crippen molar-refractivity contribution in [3.8, 4) is 0 Å². The number of sulfonamides is 1. The zero-order valence-electron chi connectivity index (χ0n) is 11.1. The van der Waals surface area contributed by atoms with Crippen molar-refractivity contribution in [2.45, 2.75) is 24.8 Å². The molecule has 1 aliphatic carbocycles. The predicted molar refractivity (Wildman–Crippen MR) is 76.7 cm³/mol. The molecule has 0 spiro atoms. The van der Waals surface area contributed by atoms with Gasteiger partial charge in [0, 0.05) is 13.1 Å². The van der Waals surface area contributed by atoms with Crippen molar-refractivity contribution in [2.24, 2.45) is 11.8 Å². The fraction of sp³-hybridized carbons (Fsp3) is 0.538. The molecule has 0 aliphatic heterocycles. The lowest BCUT2D eigenvalue weighted by molar-refractivity contribution is 0.574. The molecule has 1 fully saturated rings. The van der Waals surface area contributed by atoms with Crippen LogP contribution in [0.2, 0.25) is 5.02 Å². The molecule has 0 bridgehead atoms. The van der Waals surface area contributed by atoms with Crippen molar-refractivity contribution in [1.29, 1.82) is 0 Å². The molecule has 0 heterocycles. The average molecular weight is 303 g/mol. The minimum Gasteiger partial charge on any atom is -0.316 e. The Morgan fingerprint density at radius 2 is 2.11 bits per heavy atom. The summed E-state index contributed by atoms with van der Waals surface area (Å²) in [5.74, 6) is 1.09. The van der Waals surface area contributed by atoms with Gasteiger partial charge in [0.2, 0.25) is 10.0 Å². The van der Waals surface area contributed by atoms with E-state index in [4.69, 9.17) is 11.6 Å². The predicted octanol–water partition coefficient (Wildman–Crippen LogP) is 1.99. The zero-order chi connectivity index (χ0) is 14.0. The highest BCUT2D eigenvalue weighted by molar-refractivity contribution is 7.89. The maximum atomic E-state index is 12.2. The average Bonchev–Trinajstić information content (AvgIpc) is 3.06. The molecule has 1 aromatic carbocycles. The van der Waals surface area contributed by atoms with Crippen molar-refractivity contribution in [2.75, 3.05) is 13.6 Å². The van der Waals surface area contributed by atoms with E-state index in [0.29, 0.717) is 24.9 Å². The monoisotopic (exact) mass is 302 g/mol. The third kappa shape index (κ3) is 3.69. The van der Waals surface area contributed by atoms with Crippen molar-refractivity contribution >= 4 is 21.6 Å². The molecule has 1 saturated carbocycles. The van der Waals surface area contributed by atoms with E-state index in [1.807, 2.05) is 13.1 Å². The number of halogens is 1. The second kappa shape index (κ2) is 5.79. The number of nitrogens with one attached hydrogen (secondary N) is 2. The van der Waals surface area contributed by atoms with Gasteiger partial charge < -0.3 is 5.32 Å². The Hall–Kier alpha value is -0.620. The first-order chi connectivity index (χ1) is 8.94. The standard InChI is InChI=1S/C13H19ClN2O2S/c1-9-5-11(9)8-16-19(17,18)13-6-10(7-15-2)3-4-12(13)14/h3-4,6,9,11,15-16H,5,7-8H2,1-2H3. The Balaban J connectivity index is 2.15. The van der Waals surface area contributed by atoms with E-state index in [0.717, 1.165) is 12.0 Å². The lowest BCUT2D eigenvalue weighted by Gasteiger charge is -2.10. The smallest absolute Gasteiger partial charge is 0.242 e. The van der Waals surface area contributed by atoms with Gasteiger partial charge in [0.15, 0.2) is 0 Å². The summed E-state index contributed by atoms with van der Waals surface area (Å²) in [7, 11) is -1.70. The van der Waals surface area contributed by atoms with E-state index in [2.05, 4.69) is 17.0 Å². The molecule has 0 aromatic heterocycles. The van der Waals surface area contributed by atoms with Crippen LogP contribution in [0, 0.1) is 11.8 Å². The summed E-state index contributed by atoms with van der Waals surface area (Å²) in [4.78, 5) is 0.162. The molecule has 4 nitrogen and oxygen atoms in total. The maximum absolute atomic E-state index is 12.2. The number of benzene rings is 1. The van der Waals surface area contributed by atoms with E-state index in [1.165, 1.54) is 0 Å². The van der Waals surface area contributed by atoms with Crippen LogP contribution < -0.4 is 10.0 Å². The highest BCUT2D eigenvalue weighted by Gasteiger charge is 2.33. The van der Waals surface area contributed by atoms with Gasteiger partial charge in [0.25, 0.3) is 0 Å². The molecule has 0 radical (unpaired) electrons. The fourth-order valence-electron chi connectivity index (χ4n) is 2.05. The molecule has 0 amide bonds. The summed E-state index contributed by atoms with van der Waals surface area (Å²) < 4.78 is 27.1. The van der Waals surface area contributed by atoms with E-state index < -0.39 is 10.0 Å². The molecule has 2 rings (SSSR count). The van der Waals surface area contributed by atoms with Gasteiger partial charge in [-0.15, -0.1) is 0 Å². The van der Waals surface area contributed by atoms with Crippen LogP contribution in [0.3, 0.4) is 0 Å². The maximum Gasteiger partial charge on any atom is 0.242 e. The minimum absolute atomic E-state index is 0.162. The minimum atomic E-state index is -3.52. The number of hydrogen-bond acceptors (Lipinski definition) is 3. The highest BCUT2D eigenvalue weighted by atomic mass is 35.5. The molecule has 2 atom stereocenters. The molecular formula is C13H19ClN2O2S. The summed E-state index contributed by atoms with van der Waals surface area (Å²) in [5.41, 5.74) is 0.895. The molecular weight excluding hydrogens is 284 g/mol. The fourth-order valence-corrected chi connectivity index (χ4v) is 3.69.